The Morgan fingerprint density at radius 1 is 1.29 bits per heavy atom. The molecule has 1 N–H and O–H groups in total. The van der Waals surface area contributed by atoms with Crippen molar-refractivity contribution >= 4 is 23.4 Å². The Bertz CT molecular complexity index is 371. The van der Waals surface area contributed by atoms with Crippen molar-refractivity contribution in [1.82, 2.24) is 0 Å². The smallest absolute Gasteiger partial charge is 0.337 e. The van der Waals surface area contributed by atoms with Crippen LogP contribution in [0.1, 0.15) is 33.2 Å². The largest absolute Gasteiger partial charge is 0.478 e. The predicted octanol–water partition coefficient (Wildman–Crippen LogP) is 2.55. The standard InChI is InChI=1S/C10H9ClO3/c1-5-3-4-7(11)9(10(13)14)8(5)6(2)12/h3-4H,1-2H3,(H,13,14). The van der Waals surface area contributed by atoms with Crippen LogP contribution in [0, 0.1) is 6.92 Å². The first-order chi connectivity index (χ1) is 6.45. The highest BCUT2D eigenvalue weighted by Gasteiger charge is 2.19. The summed E-state index contributed by atoms with van der Waals surface area (Å²) in [6.45, 7) is 3.00. The van der Waals surface area contributed by atoms with E-state index in [1.165, 1.54) is 13.0 Å². The highest BCUT2D eigenvalue weighted by Crippen LogP contribution is 2.23. The first kappa shape index (κ1) is 10.7. The van der Waals surface area contributed by atoms with Crippen molar-refractivity contribution in [2.75, 3.05) is 0 Å². The molecule has 0 aliphatic carbocycles. The third-order valence-corrected chi connectivity index (χ3v) is 2.24. The number of carboxylic acid groups (broad SMARTS) is 1. The van der Waals surface area contributed by atoms with E-state index in [1.807, 2.05) is 0 Å². The Kier molecular flexibility index (Phi) is 2.91. The molecular weight excluding hydrogens is 204 g/mol. The SMILES string of the molecule is CC(=O)c1c(C)ccc(Cl)c1C(=O)O. The first-order valence-electron chi connectivity index (χ1n) is 3.98. The molecule has 0 unspecified atom stereocenters. The van der Waals surface area contributed by atoms with E-state index in [9.17, 15) is 9.59 Å². The van der Waals surface area contributed by atoms with Gasteiger partial charge in [0, 0.05) is 5.56 Å². The molecule has 0 saturated carbocycles. The number of benzene rings is 1. The number of hydrogen-bond donors (Lipinski definition) is 1. The average molecular weight is 213 g/mol. The third-order valence-electron chi connectivity index (χ3n) is 1.93. The molecule has 0 atom stereocenters. The fourth-order valence-corrected chi connectivity index (χ4v) is 1.58. The summed E-state index contributed by atoms with van der Waals surface area (Å²) >= 11 is 5.71. The number of carbonyl (C=O) groups excluding carboxylic acids is 1. The number of aromatic carboxylic acids is 1. The van der Waals surface area contributed by atoms with E-state index in [-0.39, 0.29) is 21.9 Å². The molecular formula is C10H9ClO3. The molecule has 0 radical (unpaired) electrons. The Balaban J connectivity index is 3.58. The molecule has 14 heavy (non-hydrogen) atoms. The molecule has 0 amide bonds. The van der Waals surface area contributed by atoms with Gasteiger partial charge >= 0.3 is 5.97 Å². The Hall–Kier alpha value is -1.35. The van der Waals surface area contributed by atoms with Crippen LogP contribution in [0.4, 0.5) is 0 Å². The van der Waals surface area contributed by atoms with Crippen LogP contribution in [-0.4, -0.2) is 16.9 Å². The summed E-state index contributed by atoms with van der Waals surface area (Å²) in [5.41, 5.74) is 0.698. The zero-order valence-corrected chi connectivity index (χ0v) is 8.55. The molecule has 0 heterocycles. The summed E-state index contributed by atoms with van der Waals surface area (Å²) in [5.74, 6) is -1.47. The van der Waals surface area contributed by atoms with E-state index in [0.717, 1.165) is 0 Å². The van der Waals surface area contributed by atoms with E-state index in [4.69, 9.17) is 16.7 Å². The summed E-state index contributed by atoms with van der Waals surface area (Å²) in [7, 11) is 0. The topological polar surface area (TPSA) is 54.4 Å². The van der Waals surface area contributed by atoms with Gasteiger partial charge in [-0.1, -0.05) is 17.7 Å². The molecule has 0 spiro atoms. The lowest BCUT2D eigenvalue weighted by molar-refractivity contribution is 0.0692. The van der Waals surface area contributed by atoms with Crippen LogP contribution in [-0.2, 0) is 0 Å². The Labute approximate surface area is 86.3 Å². The first-order valence-corrected chi connectivity index (χ1v) is 4.36. The van der Waals surface area contributed by atoms with Gasteiger partial charge in [0.15, 0.2) is 5.78 Å². The molecule has 0 fully saturated rings. The van der Waals surface area contributed by atoms with Crippen molar-refractivity contribution in [1.29, 1.82) is 0 Å². The minimum Gasteiger partial charge on any atom is -0.478 e. The van der Waals surface area contributed by atoms with E-state index in [0.29, 0.717) is 5.56 Å². The molecule has 0 aliphatic heterocycles. The number of hydrogen-bond acceptors (Lipinski definition) is 2. The second-order valence-electron chi connectivity index (χ2n) is 2.98. The van der Waals surface area contributed by atoms with E-state index < -0.39 is 5.97 Å². The molecule has 74 valence electrons. The van der Waals surface area contributed by atoms with Crippen LogP contribution in [0.3, 0.4) is 0 Å². The van der Waals surface area contributed by atoms with Crippen molar-refractivity contribution < 1.29 is 14.7 Å². The van der Waals surface area contributed by atoms with Crippen LogP contribution in [0.2, 0.25) is 5.02 Å². The van der Waals surface area contributed by atoms with Crippen LogP contribution in [0.25, 0.3) is 0 Å². The van der Waals surface area contributed by atoms with Crippen molar-refractivity contribution in [2.45, 2.75) is 13.8 Å². The number of carboxylic acids is 1. The molecule has 4 heteroatoms. The average Bonchev–Trinajstić information content (AvgIpc) is 2.07. The summed E-state index contributed by atoms with van der Waals surface area (Å²) < 4.78 is 0. The lowest BCUT2D eigenvalue weighted by Gasteiger charge is -2.07. The van der Waals surface area contributed by atoms with E-state index in [1.54, 1.807) is 13.0 Å². The summed E-state index contributed by atoms with van der Waals surface area (Å²) in [4.78, 5) is 22.1. The zero-order valence-electron chi connectivity index (χ0n) is 7.80. The van der Waals surface area contributed by atoms with Crippen molar-refractivity contribution in [2.24, 2.45) is 0 Å². The van der Waals surface area contributed by atoms with E-state index in [2.05, 4.69) is 0 Å². The molecule has 1 aromatic rings. The van der Waals surface area contributed by atoms with E-state index >= 15 is 0 Å². The summed E-state index contributed by atoms with van der Waals surface area (Å²) in [5, 5.41) is 8.97. The molecule has 0 aliphatic rings. The normalized spacial score (nSPS) is 9.93. The molecule has 1 aromatic carbocycles. The minimum absolute atomic E-state index is 0.0910. The maximum Gasteiger partial charge on any atom is 0.337 e. The molecule has 0 bridgehead atoms. The van der Waals surface area contributed by atoms with Crippen LogP contribution < -0.4 is 0 Å². The molecule has 1 rings (SSSR count). The Morgan fingerprint density at radius 2 is 1.86 bits per heavy atom. The van der Waals surface area contributed by atoms with Gasteiger partial charge in [-0.2, -0.15) is 0 Å². The summed E-state index contributed by atoms with van der Waals surface area (Å²) in [6, 6.07) is 3.11. The Morgan fingerprint density at radius 3 is 2.21 bits per heavy atom. The van der Waals surface area contributed by atoms with Crippen molar-refractivity contribution in [3.63, 3.8) is 0 Å². The molecule has 3 nitrogen and oxygen atoms in total. The number of halogens is 1. The van der Waals surface area contributed by atoms with Gasteiger partial charge in [-0.3, -0.25) is 4.79 Å². The van der Waals surface area contributed by atoms with Gasteiger partial charge in [0.1, 0.15) is 0 Å². The summed E-state index contributed by atoms with van der Waals surface area (Å²) in [6.07, 6.45) is 0. The van der Waals surface area contributed by atoms with Crippen LogP contribution in [0.15, 0.2) is 12.1 Å². The van der Waals surface area contributed by atoms with Crippen LogP contribution in [0.5, 0.6) is 0 Å². The number of Topliss-reactive ketones (excluding diaryl/α,β-unsaturated/α-hetero) is 1. The lowest BCUT2D eigenvalue weighted by atomic mass is 9.99. The minimum atomic E-state index is -1.18. The third kappa shape index (κ3) is 1.77. The highest BCUT2D eigenvalue weighted by molar-refractivity contribution is 6.34. The van der Waals surface area contributed by atoms with Crippen molar-refractivity contribution in [3.8, 4) is 0 Å². The van der Waals surface area contributed by atoms with Crippen LogP contribution >= 0.6 is 11.6 Å². The maximum absolute atomic E-state index is 11.2. The van der Waals surface area contributed by atoms with Gasteiger partial charge < -0.3 is 5.11 Å². The highest BCUT2D eigenvalue weighted by atomic mass is 35.5. The predicted molar refractivity (Wildman–Crippen MR) is 53.2 cm³/mol. The monoisotopic (exact) mass is 212 g/mol. The number of ketones is 1. The maximum atomic E-state index is 11.2. The zero-order chi connectivity index (χ0) is 10.9. The van der Waals surface area contributed by atoms with Gasteiger partial charge in [0.05, 0.1) is 10.6 Å². The fourth-order valence-electron chi connectivity index (χ4n) is 1.34. The number of aryl methyl sites for hydroxylation is 1. The van der Waals surface area contributed by atoms with Crippen molar-refractivity contribution in [3.05, 3.63) is 33.8 Å². The second kappa shape index (κ2) is 3.80. The lowest BCUT2D eigenvalue weighted by Crippen LogP contribution is -2.09. The van der Waals surface area contributed by atoms with Gasteiger partial charge in [0.25, 0.3) is 0 Å². The fraction of sp³-hybridized carbons (Fsp3) is 0.200. The number of carbonyl (C=O) groups is 2. The molecule has 0 saturated heterocycles. The quantitative estimate of drug-likeness (QED) is 0.767. The second-order valence-corrected chi connectivity index (χ2v) is 3.38. The van der Waals surface area contributed by atoms with Gasteiger partial charge in [-0.05, 0) is 25.5 Å². The van der Waals surface area contributed by atoms with Gasteiger partial charge in [0.2, 0.25) is 0 Å². The molecule has 0 aromatic heterocycles. The van der Waals surface area contributed by atoms with Gasteiger partial charge in [-0.15, -0.1) is 0 Å². The van der Waals surface area contributed by atoms with Gasteiger partial charge in [-0.25, -0.2) is 4.79 Å². The number of rotatable bonds is 2.